The van der Waals surface area contributed by atoms with Gasteiger partial charge in [-0.15, -0.1) is 0 Å². The lowest BCUT2D eigenvalue weighted by molar-refractivity contribution is -0.369. The quantitative estimate of drug-likeness (QED) is 0.176. The van der Waals surface area contributed by atoms with Gasteiger partial charge in [-0.1, -0.05) is 53.2 Å². The van der Waals surface area contributed by atoms with Crippen LogP contribution in [0.4, 0.5) is 0 Å². The van der Waals surface area contributed by atoms with Crippen molar-refractivity contribution >= 4 is 5.97 Å². The van der Waals surface area contributed by atoms with E-state index in [9.17, 15) is 30.3 Å². The first-order chi connectivity index (χ1) is 27.0. The van der Waals surface area contributed by atoms with Crippen molar-refractivity contribution < 1.29 is 63.5 Å². The molecule has 4 aliphatic carbocycles. The van der Waals surface area contributed by atoms with Crippen molar-refractivity contribution in [1.29, 1.82) is 0 Å². The molecule has 8 rings (SSSR count). The molecule has 0 radical (unpaired) electrons. The summed E-state index contributed by atoms with van der Waals surface area (Å²) in [7, 11) is 0. The highest BCUT2D eigenvalue weighted by atomic mass is 16.8. The first-order valence-electron chi connectivity index (χ1n) is 22.1. The van der Waals surface area contributed by atoms with Gasteiger partial charge in [-0.3, -0.25) is 4.79 Å². The Kier molecular flexibility index (Phi) is 11.9. The van der Waals surface area contributed by atoms with Crippen LogP contribution in [0.2, 0.25) is 0 Å². The Morgan fingerprint density at radius 1 is 0.877 bits per heavy atom. The van der Waals surface area contributed by atoms with E-state index in [4.69, 9.17) is 33.2 Å². The number of rotatable bonds is 8. The molecule has 57 heavy (non-hydrogen) atoms. The highest BCUT2D eigenvalue weighted by Gasteiger charge is 2.69. The molecule has 0 amide bonds. The summed E-state index contributed by atoms with van der Waals surface area (Å²) in [5.74, 6) is 2.45. The summed E-state index contributed by atoms with van der Waals surface area (Å²) >= 11 is 0. The summed E-state index contributed by atoms with van der Waals surface area (Å²) in [4.78, 5) is 12.4. The molecule has 4 heterocycles. The summed E-state index contributed by atoms with van der Waals surface area (Å²) in [5.41, 5.74) is 1.64. The van der Waals surface area contributed by atoms with E-state index in [-0.39, 0.29) is 42.0 Å². The molecule has 0 aromatic rings. The zero-order chi connectivity index (χ0) is 40.8. The summed E-state index contributed by atoms with van der Waals surface area (Å²) in [6.45, 7) is 15.5. The highest BCUT2D eigenvalue weighted by Crippen LogP contribution is 2.70. The summed E-state index contributed by atoms with van der Waals surface area (Å²) < 4.78 is 43.7. The molecule has 4 aliphatic heterocycles. The van der Waals surface area contributed by atoms with E-state index in [1.54, 1.807) is 0 Å². The van der Waals surface area contributed by atoms with Gasteiger partial charge in [-0.05, 0) is 105 Å². The maximum absolute atomic E-state index is 12.4. The Balaban J connectivity index is 0.970. The molecule has 0 bridgehead atoms. The molecule has 0 aromatic heterocycles. The lowest BCUT2D eigenvalue weighted by Gasteiger charge is -2.58. The monoisotopic (exact) mass is 806 g/mol. The second-order valence-electron chi connectivity index (χ2n) is 20.4. The van der Waals surface area contributed by atoms with Gasteiger partial charge < -0.3 is 58.7 Å². The lowest BCUT2D eigenvalue weighted by Crippen LogP contribution is -2.64. The van der Waals surface area contributed by atoms with Gasteiger partial charge in [0.15, 0.2) is 18.4 Å². The van der Waals surface area contributed by atoms with Crippen molar-refractivity contribution in [1.82, 2.24) is 0 Å². The van der Waals surface area contributed by atoms with Crippen LogP contribution in [0.25, 0.3) is 0 Å². The third kappa shape index (κ3) is 7.38. The van der Waals surface area contributed by atoms with Gasteiger partial charge >= 0.3 is 5.97 Å². The van der Waals surface area contributed by atoms with Crippen LogP contribution in [0.5, 0.6) is 0 Å². The molecule has 8 aliphatic rings. The summed E-state index contributed by atoms with van der Waals surface area (Å²) in [6.07, 6.45) is -1.99. The molecule has 0 aromatic carbocycles. The minimum atomic E-state index is -1.64. The van der Waals surface area contributed by atoms with E-state index >= 15 is 0 Å². The maximum Gasteiger partial charge on any atom is 0.306 e. The van der Waals surface area contributed by atoms with Crippen LogP contribution in [-0.2, 0) is 38.0 Å². The molecule has 21 atom stereocenters. The Morgan fingerprint density at radius 3 is 2.37 bits per heavy atom. The number of ether oxygens (including phenoxy) is 7. The smallest absolute Gasteiger partial charge is 0.306 e. The number of hydrogen-bond donors (Lipinski definition) is 5. The average Bonchev–Trinajstić information content (AvgIpc) is 3.61. The second-order valence-corrected chi connectivity index (χ2v) is 20.4. The van der Waals surface area contributed by atoms with Crippen LogP contribution in [0, 0.1) is 52.3 Å². The molecule has 7 fully saturated rings. The van der Waals surface area contributed by atoms with Gasteiger partial charge in [0.25, 0.3) is 0 Å². The largest absolute Gasteiger partial charge is 0.463 e. The van der Waals surface area contributed by atoms with Gasteiger partial charge in [0, 0.05) is 18.8 Å². The van der Waals surface area contributed by atoms with E-state index in [1.807, 2.05) is 13.8 Å². The number of carbonyl (C=O) groups is 1. The molecule has 13 nitrogen and oxygen atoms in total. The first kappa shape index (κ1) is 42.5. The molecular weight excluding hydrogens is 736 g/mol. The predicted octanol–water partition coefficient (Wildman–Crippen LogP) is 3.99. The number of hydrogen-bond acceptors (Lipinski definition) is 13. The van der Waals surface area contributed by atoms with Crippen LogP contribution in [0.3, 0.4) is 0 Å². The fourth-order valence-corrected chi connectivity index (χ4v) is 13.1. The Labute approximate surface area is 338 Å². The van der Waals surface area contributed by atoms with E-state index in [1.165, 1.54) is 25.3 Å². The predicted molar refractivity (Wildman–Crippen MR) is 205 cm³/mol. The molecule has 3 saturated carbocycles. The van der Waals surface area contributed by atoms with E-state index in [0.29, 0.717) is 41.9 Å². The minimum absolute atomic E-state index is 0.0253. The number of allylic oxidation sites excluding steroid dienone is 1. The van der Waals surface area contributed by atoms with Crippen LogP contribution < -0.4 is 0 Å². The van der Waals surface area contributed by atoms with Crippen LogP contribution in [-0.4, -0.2) is 124 Å². The molecule has 4 saturated heterocycles. The molecule has 5 N–H and O–H groups in total. The minimum Gasteiger partial charge on any atom is -0.463 e. The van der Waals surface area contributed by atoms with Gasteiger partial charge in [-0.25, -0.2) is 0 Å². The topological polar surface area (TPSA) is 183 Å². The van der Waals surface area contributed by atoms with E-state index in [2.05, 4.69) is 33.8 Å². The fourth-order valence-electron chi connectivity index (χ4n) is 13.1. The molecular formula is C44H70O13. The zero-order valence-corrected chi connectivity index (χ0v) is 35.0. The number of aliphatic hydroxyl groups excluding tert-OH is 5. The second kappa shape index (κ2) is 15.9. The Hall–Kier alpha value is -1.23. The zero-order valence-electron chi connectivity index (χ0n) is 35.0. The molecule has 1 spiro atoms. The number of esters is 1. The van der Waals surface area contributed by atoms with Crippen molar-refractivity contribution in [2.45, 2.75) is 192 Å². The molecule has 10 unspecified atom stereocenters. The number of aliphatic hydroxyl groups is 5. The highest BCUT2D eigenvalue weighted by molar-refractivity contribution is 5.69. The normalized spacial score (nSPS) is 53.5. The third-order valence-corrected chi connectivity index (χ3v) is 16.4. The van der Waals surface area contributed by atoms with Gasteiger partial charge in [0.1, 0.15) is 49.3 Å². The van der Waals surface area contributed by atoms with Crippen molar-refractivity contribution in [3.63, 3.8) is 0 Å². The van der Waals surface area contributed by atoms with Gasteiger partial charge in [0.2, 0.25) is 0 Å². The van der Waals surface area contributed by atoms with Crippen LogP contribution in [0.1, 0.15) is 113 Å². The van der Waals surface area contributed by atoms with Gasteiger partial charge in [-0.2, -0.15) is 0 Å². The SMILES string of the molecule is CC(C)CC(=O)OCC1O[C@@H](O[C@H]2CC[C@@]3(C)C(=CCC4C5CC6O[C@]7(CC[C@@H](C)CO7)[C@@H](C)C6[C@@]5(C)CCC43)C2)C(O[C@@H]2OC(C)[C@H](O)C(O)[C@@H]2O)C(O)[C@@H]1O. The lowest BCUT2D eigenvalue weighted by atomic mass is 9.47. The summed E-state index contributed by atoms with van der Waals surface area (Å²) in [5, 5.41) is 54.2. The van der Waals surface area contributed by atoms with Crippen molar-refractivity contribution in [3.05, 3.63) is 11.6 Å². The van der Waals surface area contributed by atoms with Crippen molar-refractivity contribution in [2.75, 3.05) is 13.2 Å². The van der Waals surface area contributed by atoms with Crippen LogP contribution in [0.15, 0.2) is 11.6 Å². The van der Waals surface area contributed by atoms with Crippen molar-refractivity contribution in [3.8, 4) is 0 Å². The van der Waals surface area contributed by atoms with Gasteiger partial charge in [0.05, 0.1) is 24.9 Å². The summed E-state index contributed by atoms with van der Waals surface area (Å²) in [6, 6.07) is 0. The van der Waals surface area contributed by atoms with E-state index < -0.39 is 73.2 Å². The standard InChI is InChI=1S/C44H70O13/c1-21(2)16-32(45)51-20-31-35(47)37(49)39(56-40-38(50)36(48)34(46)24(5)53-40)41(55-31)54-26-11-13-42(6)25(17-26)8-9-27-28(42)12-14-43(7)29(27)18-30-33(43)23(4)44(57-30)15-10-22(3)19-52-44/h8,21-24,26-31,33-41,46-50H,9-20H2,1-7H3/t22-,23+,24?,26+,27?,28?,29?,30?,31?,33?,34+,35-,36?,37?,38+,39?,40+,41-,42+,43+,44-/m1/s1. The maximum atomic E-state index is 12.4. The number of fused-ring (bicyclic) bond motifs is 7. The fraction of sp³-hybridized carbons (Fsp3) is 0.932. The average molecular weight is 807 g/mol. The first-order valence-corrected chi connectivity index (χ1v) is 22.1. The third-order valence-electron chi connectivity index (χ3n) is 16.4. The molecule has 13 heteroatoms. The molecule has 324 valence electrons. The van der Waals surface area contributed by atoms with Crippen molar-refractivity contribution in [2.24, 2.45) is 52.3 Å². The number of carbonyl (C=O) groups excluding carboxylic acids is 1. The Morgan fingerprint density at radius 2 is 1.65 bits per heavy atom. The van der Waals surface area contributed by atoms with E-state index in [0.717, 1.165) is 45.1 Å². The Bertz CT molecular complexity index is 1480. The van der Waals surface area contributed by atoms with Crippen LogP contribution >= 0.6 is 0 Å².